The van der Waals surface area contributed by atoms with Gasteiger partial charge in [-0.05, 0) is 36.2 Å². The van der Waals surface area contributed by atoms with Gasteiger partial charge >= 0.3 is 0 Å². The van der Waals surface area contributed by atoms with Crippen molar-refractivity contribution in [2.45, 2.75) is 13.3 Å². The zero-order valence-electron chi connectivity index (χ0n) is 12.1. The van der Waals surface area contributed by atoms with Crippen molar-refractivity contribution in [2.75, 3.05) is 5.32 Å². The zero-order valence-corrected chi connectivity index (χ0v) is 12.9. The number of hydrogen-bond acceptors (Lipinski definition) is 5. The van der Waals surface area contributed by atoms with E-state index in [4.69, 9.17) is 0 Å². The van der Waals surface area contributed by atoms with E-state index < -0.39 is 0 Å². The second-order valence-corrected chi connectivity index (χ2v) is 5.74. The second-order valence-electron chi connectivity index (χ2n) is 4.88. The lowest BCUT2D eigenvalue weighted by atomic mass is 10.1. The summed E-state index contributed by atoms with van der Waals surface area (Å²) in [6, 6.07) is 12.8. The molecule has 3 N–H and O–H groups in total. The Kier molecular flexibility index (Phi) is 3.98. The maximum Gasteiger partial charge on any atom is 0.187 e. The first-order valence-electron chi connectivity index (χ1n) is 7.00. The average molecular weight is 312 g/mol. The SMILES string of the molecule is CCc1ccccc1Nc1nc(-c2ccc(O)c(O)c2)cs1. The number of thiazole rings is 1. The van der Waals surface area contributed by atoms with Crippen molar-refractivity contribution >= 4 is 22.2 Å². The van der Waals surface area contributed by atoms with Gasteiger partial charge in [0.2, 0.25) is 0 Å². The third-order valence-electron chi connectivity index (χ3n) is 3.42. The van der Waals surface area contributed by atoms with E-state index in [0.29, 0.717) is 0 Å². The largest absolute Gasteiger partial charge is 0.504 e. The second kappa shape index (κ2) is 6.07. The van der Waals surface area contributed by atoms with Gasteiger partial charge in [0.1, 0.15) is 0 Å². The molecule has 0 aliphatic rings. The molecule has 0 aliphatic carbocycles. The maximum absolute atomic E-state index is 9.58. The Morgan fingerprint density at radius 1 is 1.09 bits per heavy atom. The summed E-state index contributed by atoms with van der Waals surface area (Å²) in [7, 11) is 0. The number of aromatic hydroxyl groups is 2. The number of anilines is 2. The molecule has 3 rings (SSSR count). The number of phenols is 2. The molecule has 3 aromatic rings. The third kappa shape index (κ3) is 2.89. The van der Waals surface area contributed by atoms with Crippen molar-refractivity contribution in [1.29, 1.82) is 0 Å². The van der Waals surface area contributed by atoms with Gasteiger partial charge < -0.3 is 15.5 Å². The van der Waals surface area contributed by atoms with E-state index in [1.807, 2.05) is 23.6 Å². The maximum atomic E-state index is 9.58. The Balaban J connectivity index is 1.86. The molecule has 0 saturated carbocycles. The van der Waals surface area contributed by atoms with Crippen LogP contribution in [0.4, 0.5) is 10.8 Å². The minimum Gasteiger partial charge on any atom is -0.504 e. The molecule has 22 heavy (non-hydrogen) atoms. The van der Waals surface area contributed by atoms with Crippen molar-refractivity contribution in [3.05, 3.63) is 53.4 Å². The van der Waals surface area contributed by atoms with Gasteiger partial charge in [-0.1, -0.05) is 25.1 Å². The minimum absolute atomic E-state index is 0.130. The molecule has 0 saturated heterocycles. The van der Waals surface area contributed by atoms with Crippen molar-refractivity contribution < 1.29 is 10.2 Å². The standard InChI is InChI=1S/C17H16N2O2S/c1-2-11-5-3-4-6-13(11)18-17-19-14(10-22-17)12-7-8-15(20)16(21)9-12/h3-10,20-21H,2H2,1H3,(H,18,19). The van der Waals surface area contributed by atoms with Crippen molar-refractivity contribution in [3.8, 4) is 22.8 Å². The van der Waals surface area contributed by atoms with Crippen LogP contribution in [0.5, 0.6) is 11.5 Å². The van der Waals surface area contributed by atoms with Gasteiger partial charge in [-0.15, -0.1) is 11.3 Å². The van der Waals surface area contributed by atoms with Crippen molar-refractivity contribution in [2.24, 2.45) is 0 Å². The van der Waals surface area contributed by atoms with Gasteiger partial charge in [-0.2, -0.15) is 0 Å². The van der Waals surface area contributed by atoms with Gasteiger partial charge in [-0.25, -0.2) is 4.98 Å². The van der Waals surface area contributed by atoms with Crippen LogP contribution in [0, 0.1) is 0 Å². The van der Waals surface area contributed by atoms with Crippen LogP contribution < -0.4 is 5.32 Å². The number of nitrogens with zero attached hydrogens (tertiary/aromatic N) is 1. The van der Waals surface area contributed by atoms with E-state index in [1.54, 1.807) is 6.07 Å². The van der Waals surface area contributed by atoms with Crippen LogP contribution in [0.1, 0.15) is 12.5 Å². The fraction of sp³-hybridized carbons (Fsp3) is 0.118. The van der Waals surface area contributed by atoms with Gasteiger partial charge in [0, 0.05) is 16.6 Å². The monoisotopic (exact) mass is 312 g/mol. The zero-order chi connectivity index (χ0) is 15.5. The highest BCUT2D eigenvalue weighted by Crippen LogP contribution is 2.33. The quantitative estimate of drug-likeness (QED) is 0.619. The van der Waals surface area contributed by atoms with Crippen LogP contribution in [-0.2, 0) is 6.42 Å². The molecule has 0 atom stereocenters. The predicted octanol–water partition coefficient (Wildman–Crippen LogP) is 4.53. The number of hydrogen-bond donors (Lipinski definition) is 3. The molecule has 112 valence electrons. The molecule has 5 heteroatoms. The molecule has 2 aromatic carbocycles. The normalized spacial score (nSPS) is 10.6. The Morgan fingerprint density at radius 3 is 2.68 bits per heavy atom. The molecule has 0 spiro atoms. The van der Waals surface area contributed by atoms with E-state index >= 15 is 0 Å². The molecule has 4 nitrogen and oxygen atoms in total. The Labute approximate surface area is 132 Å². The molecular formula is C17H16N2O2S. The van der Waals surface area contributed by atoms with Crippen LogP contribution in [-0.4, -0.2) is 15.2 Å². The Bertz CT molecular complexity index is 799. The van der Waals surface area contributed by atoms with Gasteiger partial charge in [0.15, 0.2) is 16.6 Å². The molecule has 1 heterocycles. The van der Waals surface area contributed by atoms with E-state index in [0.717, 1.165) is 28.5 Å². The van der Waals surface area contributed by atoms with Crippen LogP contribution >= 0.6 is 11.3 Å². The molecule has 0 amide bonds. The third-order valence-corrected chi connectivity index (χ3v) is 4.17. The lowest BCUT2D eigenvalue weighted by Gasteiger charge is -2.07. The number of aryl methyl sites for hydroxylation is 1. The number of para-hydroxylation sites is 1. The molecule has 0 aliphatic heterocycles. The first kappa shape index (κ1) is 14.4. The Hall–Kier alpha value is -2.53. The van der Waals surface area contributed by atoms with Crippen LogP contribution in [0.3, 0.4) is 0 Å². The summed E-state index contributed by atoms with van der Waals surface area (Å²) in [6.07, 6.45) is 0.952. The summed E-state index contributed by atoms with van der Waals surface area (Å²) in [5.74, 6) is -0.273. The molecule has 0 radical (unpaired) electrons. The average Bonchev–Trinajstić information content (AvgIpc) is 2.99. The Morgan fingerprint density at radius 2 is 1.91 bits per heavy atom. The number of phenolic OH excluding ortho intramolecular Hbond substituents is 2. The molecule has 0 fully saturated rings. The highest BCUT2D eigenvalue weighted by atomic mass is 32.1. The van der Waals surface area contributed by atoms with Crippen LogP contribution in [0.15, 0.2) is 47.8 Å². The summed E-state index contributed by atoms with van der Waals surface area (Å²) in [4.78, 5) is 4.54. The van der Waals surface area contributed by atoms with E-state index in [-0.39, 0.29) is 11.5 Å². The van der Waals surface area contributed by atoms with Gasteiger partial charge in [0.05, 0.1) is 5.69 Å². The summed E-state index contributed by atoms with van der Waals surface area (Å²) >= 11 is 1.50. The van der Waals surface area contributed by atoms with Crippen molar-refractivity contribution in [1.82, 2.24) is 4.98 Å². The lowest BCUT2D eigenvalue weighted by molar-refractivity contribution is 0.404. The van der Waals surface area contributed by atoms with E-state index in [2.05, 4.69) is 23.3 Å². The van der Waals surface area contributed by atoms with E-state index in [1.165, 1.54) is 29.0 Å². The number of benzene rings is 2. The summed E-state index contributed by atoms with van der Waals surface area (Å²) in [5.41, 5.74) is 3.82. The fourth-order valence-electron chi connectivity index (χ4n) is 2.21. The predicted molar refractivity (Wildman–Crippen MR) is 90.0 cm³/mol. The first-order valence-corrected chi connectivity index (χ1v) is 7.88. The first-order chi connectivity index (χ1) is 10.7. The van der Waals surface area contributed by atoms with E-state index in [9.17, 15) is 10.2 Å². The number of rotatable bonds is 4. The van der Waals surface area contributed by atoms with Gasteiger partial charge in [0.25, 0.3) is 0 Å². The fourth-order valence-corrected chi connectivity index (χ4v) is 2.94. The summed E-state index contributed by atoms with van der Waals surface area (Å²) in [6.45, 7) is 2.12. The molecule has 0 unspecified atom stereocenters. The summed E-state index contributed by atoms with van der Waals surface area (Å²) < 4.78 is 0. The molecule has 0 bridgehead atoms. The lowest BCUT2D eigenvalue weighted by Crippen LogP contribution is -1.94. The number of aromatic nitrogens is 1. The number of nitrogens with one attached hydrogen (secondary N) is 1. The van der Waals surface area contributed by atoms with Crippen LogP contribution in [0.25, 0.3) is 11.3 Å². The minimum atomic E-state index is -0.142. The van der Waals surface area contributed by atoms with Crippen molar-refractivity contribution in [3.63, 3.8) is 0 Å². The highest BCUT2D eigenvalue weighted by molar-refractivity contribution is 7.14. The summed E-state index contributed by atoms with van der Waals surface area (Å²) in [5, 5.41) is 25.0. The van der Waals surface area contributed by atoms with Gasteiger partial charge in [-0.3, -0.25) is 0 Å². The molecular weight excluding hydrogens is 296 g/mol. The smallest absolute Gasteiger partial charge is 0.187 e. The molecule has 1 aromatic heterocycles. The van der Waals surface area contributed by atoms with Crippen LogP contribution in [0.2, 0.25) is 0 Å². The highest BCUT2D eigenvalue weighted by Gasteiger charge is 2.08. The topological polar surface area (TPSA) is 65.4 Å².